The molecule has 0 heterocycles. The van der Waals surface area contributed by atoms with Gasteiger partial charge in [-0.2, -0.15) is 4.91 Å². The van der Waals surface area contributed by atoms with Gasteiger partial charge in [0.1, 0.15) is 11.5 Å². The molecule has 41 heavy (non-hydrogen) atoms. The van der Waals surface area contributed by atoms with Crippen LogP contribution in [-0.2, 0) is 67.0 Å². The normalized spacial score (nSPS) is 11.7. The van der Waals surface area contributed by atoms with E-state index in [-0.39, 0.29) is 16.5 Å². The summed E-state index contributed by atoms with van der Waals surface area (Å²) >= 11 is 24.1. The molecule has 0 aliphatic heterocycles. The van der Waals surface area contributed by atoms with E-state index in [1.54, 1.807) is 23.5 Å². The van der Waals surface area contributed by atoms with Crippen molar-refractivity contribution in [3.63, 3.8) is 0 Å². The third-order valence-corrected chi connectivity index (χ3v) is 9.26. The molecule has 3 rings (SSSR count). The van der Waals surface area contributed by atoms with Crippen LogP contribution in [0.2, 0.25) is 0 Å². The van der Waals surface area contributed by atoms with Gasteiger partial charge in [-0.25, -0.2) is 5.41 Å². The van der Waals surface area contributed by atoms with Gasteiger partial charge in [0, 0.05) is 26.3 Å². The van der Waals surface area contributed by atoms with E-state index in [0.29, 0.717) is 30.0 Å². The van der Waals surface area contributed by atoms with E-state index in [1.807, 2.05) is 78.9 Å². The molecule has 226 valence electrons. The second kappa shape index (κ2) is 21.5. The van der Waals surface area contributed by atoms with E-state index < -0.39 is 0 Å². The van der Waals surface area contributed by atoms with E-state index >= 15 is 0 Å². The van der Waals surface area contributed by atoms with E-state index in [2.05, 4.69) is 27.7 Å². The van der Waals surface area contributed by atoms with Crippen LogP contribution in [0.5, 0.6) is 11.5 Å². The Labute approximate surface area is 287 Å². The van der Waals surface area contributed by atoms with Crippen molar-refractivity contribution >= 4 is 78.9 Å². The Morgan fingerprint density at radius 3 is 1.61 bits per heavy atom. The van der Waals surface area contributed by atoms with Crippen molar-refractivity contribution in [2.45, 2.75) is 50.3 Å². The minimum Gasteiger partial charge on any atom is -0.789 e. The molecular formula is C32H36NiO2S6-4. The molecule has 3 aromatic rings. The fraction of sp³-hybridized carbons (Fsp3) is 0.312. The van der Waals surface area contributed by atoms with E-state index in [9.17, 15) is 0 Å². The monoisotopic (exact) mass is 702 g/mol. The second-order valence-corrected chi connectivity index (χ2v) is 13.8. The summed E-state index contributed by atoms with van der Waals surface area (Å²) in [7, 11) is 0. The van der Waals surface area contributed by atoms with Crippen molar-refractivity contribution in [1.82, 2.24) is 0 Å². The van der Waals surface area contributed by atoms with Crippen molar-refractivity contribution in [1.29, 1.82) is 0 Å². The number of thioether (sulfide) groups is 2. The zero-order chi connectivity index (χ0) is 29.3. The predicted octanol–water partition coefficient (Wildman–Crippen LogP) is 9.72. The minimum absolute atomic E-state index is 0. The number of rotatable bonds is 13. The summed E-state index contributed by atoms with van der Waals surface area (Å²) in [5, 5.41) is 1.51. The SMILES string of the molecule is CC(C)CCOc1ccc(OCCC(C)C)c(/C([S-])=C/[S-])c1.[Ni].[S-]/C(Sc1ccccc1)=C(\[S-])Sc1ccccc1. The molecule has 0 unspecified atom stereocenters. The van der Waals surface area contributed by atoms with Crippen LogP contribution in [0.3, 0.4) is 0 Å². The maximum Gasteiger partial charge on any atom is 0.125 e. The summed E-state index contributed by atoms with van der Waals surface area (Å²) in [6, 6.07) is 25.9. The molecule has 2 nitrogen and oxygen atoms in total. The molecule has 0 fully saturated rings. The molecule has 0 spiro atoms. The van der Waals surface area contributed by atoms with Gasteiger partial charge in [-0.05, 0) is 72.7 Å². The summed E-state index contributed by atoms with van der Waals surface area (Å²) in [5.41, 5.74) is 0.843. The minimum atomic E-state index is 0. The first-order valence-electron chi connectivity index (χ1n) is 13.1. The molecule has 0 bridgehead atoms. The average Bonchev–Trinajstić information content (AvgIpc) is 2.94. The molecule has 0 aliphatic rings. The van der Waals surface area contributed by atoms with Crippen LogP contribution >= 0.6 is 23.5 Å². The van der Waals surface area contributed by atoms with Crippen molar-refractivity contribution in [3.8, 4) is 11.5 Å². The van der Waals surface area contributed by atoms with Crippen LogP contribution in [-0.4, -0.2) is 13.2 Å². The third-order valence-electron chi connectivity index (χ3n) is 5.31. The molecule has 0 amide bonds. The summed E-state index contributed by atoms with van der Waals surface area (Å²) in [6.45, 7) is 10.1. The van der Waals surface area contributed by atoms with E-state index in [4.69, 9.17) is 60.0 Å². The van der Waals surface area contributed by atoms with Gasteiger partial charge in [0.2, 0.25) is 0 Å². The molecule has 0 saturated heterocycles. The van der Waals surface area contributed by atoms with Gasteiger partial charge in [0.05, 0.1) is 13.2 Å². The molecule has 0 aromatic heterocycles. The average molecular weight is 704 g/mol. The fourth-order valence-corrected chi connectivity index (χ4v) is 5.62. The first-order valence-corrected chi connectivity index (χ1v) is 16.5. The van der Waals surface area contributed by atoms with Gasteiger partial charge in [-0.1, -0.05) is 64.1 Å². The van der Waals surface area contributed by atoms with E-state index in [1.165, 1.54) is 5.41 Å². The van der Waals surface area contributed by atoms with Gasteiger partial charge < -0.3 is 60.0 Å². The Kier molecular flexibility index (Phi) is 19.8. The first kappa shape index (κ1) is 37.8. The molecular weight excluding hydrogens is 667 g/mol. The van der Waals surface area contributed by atoms with Crippen molar-refractivity contribution in [2.24, 2.45) is 11.8 Å². The molecule has 0 atom stereocenters. The Balaban J connectivity index is 0.000000407. The molecule has 9 heteroatoms. The summed E-state index contributed by atoms with van der Waals surface area (Å²) in [5.74, 6) is 2.83. The van der Waals surface area contributed by atoms with Crippen LogP contribution in [0.4, 0.5) is 0 Å². The first-order chi connectivity index (χ1) is 19.2. The predicted molar refractivity (Wildman–Crippen MR) is 185 cm³/mol. The van der Waals surface area contributed by atoms with Crippen molar-refractivity contribution < 1.29 is 26.0 Å². The van der Waals surface area contributed by atoms with Crippen LogP contribution in [0.1, 0.15) is 46.1 Å². The maximum atomic E-state index is 5.86. The van der Waals surface area contributed by atoms with Crippen LogP contribution < -0.4 is 9.47 Å². The molecule has 0 N–H and O–H groups in total. The third kappa shape index (κ3) is 15.7. The Bertz CT molecular complexity index is 1150. The second-order valence-electron chi connectivity index (χ2n) is 9.61. The Morgan fingerprint density at radius 2 is 1.17 bits per heavy atom. The fourth-order valence-electron chi connectivity index (χ4n) is 3.07. The van der Waals surface area contributed by atoms with Crippen molar-refractivity contribution in [3.05, 3.63) is 98.3 Å². The number of ether oxygens (including phenoxy) is 2. The molecule has 0 saturated carbocycles. The van der Waals surface area contributed by atoms with Gasteiger partial charge in [-0.15, -0.1) is 32.0 Å². The number of hydrogen-bond acceptors (Lipinski definition) is 8. The molecule has 0 aliphatic carbocycles. The standard InChI is InChI=1S/C18H28O2S2.C14H12S4.Ni/c1-13(2)7-9-19-15-5-6-17(20-10-8-14(3)4)16(11-15)18(22)12-21;15-13(17-11-7-3-1-4-8-11)14(16)18-12-9-5-2-6-10-12;/h5-6,11-14,21-22H,7-10H2,1-4H3;1-10,15-16H;/p-4/b18-12-;14-13-;. The van der Waals surface area contributed by atoms with Crippen LogP contribution in [0.25, 0.3) is 4.91 Å². The molecule has 3 aromatic carbocycles. The topological polar surface area (TPSA) is 18.5 Å². The zero-order valence-electron chi connectivity index (χ0n) is 23.6. The Morgan fingerprint density at radius 1 is 0.707 bits per heavy atom. The summed E-state index contributed by atoms with van der Waals surface area (Å²) in [6.07, 6.45) is 2.04. The summed E-state index contributed by atoms with van der Waals surface area (Å²) < 4.78 is 13.2. The molecule has 0 radical (unpaired) electrons. The van der Waals surface area contributed by atoms with Crippen LogP contribution in [0, 0.1) is 11.8 Å². The van der Waals surface area contributed by atoms with Crippen LogP contribution in [0.15, 0.2) is 103 Å². The van der Waals surface area contributed by atoms with Gasteiger partial charge in [-0.3, -0.25) is 0 Å². The van der Waals surface area contributed by atoms with Crippen molar-refractivity contribution in [2.75, 3.05) is 13.2 Å². The number of benzene rings is 3. The zero-order valence-corrected chi connectivity index (χ0v) is 29.5. The quantitative estimate of drug-likeness (QED) is 0.0983. The number of hydrogen-bond donors (Lipinski definition) is 0. The summed E-state index contributed by atoms with van der Waals surface area (Å²) in [4.78, 5) is 2.86. The largest absolute Gasteiger partial charge is 0.789 e. The van der Waals surface area contributed by atoms with Gasteiger partial charge in [0.25, 0.3) is 0 Å². The van der Waals surface area contributed by atoms with Gasteiger partial charge >= 0.3 is 0 Å². The van der Waals surface area contributed by atoms with Gasteiger partial charge in [0.15, 0.2) is 0 Å². The Hall–Kier alpha value is -1.19. The smallest absolute Gasteiger partial charge is 0.125 e. The maximum absolute atomic E-state index is 5.86. The van der Waals surface area contributed by atoms with E-state index in [0.717, 1.165) is 48.2 Å².